The third kappa shape index (κ3) is 6.16. The number of aromatic amines is 1. The lowest BCUT2D eigenvalue weighted by molar-refractivity contribution is -0.208. The first kappa shape index (κ1) is 30.7. The number of fused-ring (bicyclic) bond motifs is 2. The normalized spacial score (nSPS) is 27.1. The second-order valence-corrected chi connectivity index (χ2v) is 15.9. The molecule has 5 heterocycles. The van der Waals surface area contributed by atoms with Crippen LogP contribution < -0.4 is 5.32 Å². The summed E-state index contributed by atoms with van der Waals surface area (Å²) in [5.74, 6) is 0.0311. The topological polar surface area (TPSA) is 194 Å². The first-order valence-corrected chi connectivity index (χ1v) is 17.2. The van der Waals surface area contributed by atoms with Gasteiger partial charge in [0.05, 0.1) is 31.4 Å². The van der Waals surface area contributed by atoms with Crippen molar-refractivity contribution in [1.29, 1.82) is 0 Å². The number of anilines is 1. The molecule has 3 fully saturated rings. The molecule has 2 aliphatic heterocycles. The minimum atomic E-state index is -3.09. The standard InChI is InChI=1S/C25H37ClN9O7P/c1-24(2)41-18-16(10-39-25(12-36,43(3,4)37)13-38-11-17-31-33-34-32-17)40-22(19(18)42-24)35-21-15(9-27-35)20(29-23(26)30-21)28-14-7-5-6-8-14/h9,14,16,18-19,22,36H,5-8,10-13H2,1-4H3,(H,28,29,30)(H,31,32,33,34)/t16-,18-,19-,22-,25?/m1/s1. The first-order chi connectivity index (χ1) is 20.5. The van der Waals surface area contributed by atoms with Gasteiger partial charge in [0.2, 0.25) is 5.28 Å². The van der Waals surface area contributed by atoms with Gasteiger partial charge in [-0.3, -0.25) is 0 Å². The van der Waals surface area contributed by atoms with Gasteiger partial charge in [-0.2, -0.15) is 20.3 Å². The molecule has 0 bridgehead atoms. The Kier molecular flexibility index (Phi) is 8.50. The molecule has 0 radical (unpaired) electrons. The predicted molar refractivity (Wildman–Crippen MR) is 153 cm³/mol. The predicted octanol–water partition coefficient (Wildman–Crippen LogP) is 2.31. The SMILES string of the molecule is CC1(C)O[C@@H]2[C@H](O1)[C@@H](COC(CO)(COCc1nn[nH]n1)P(C)(C)=O)O[C@H]2n1ncc2c(NC3CCCC3)nc(Cl)nc21. The van der Waals surface area contributed by atoms with Crippen molar-refractivity contribution in [2.24, 2.45) is 0 Å². The van der Waals surface area contributed by atoms with Crippen molar-refractivity contribution in [3.63, 3.8) is 0 Å². The van der Waals surface area contributed by atoms with E-state index in [1.54, 1.807) is 10.9 Å². The van der Waals surface area contributed by atoms with E-state index in [4.69, 9.17) is 35.3 Å². The largest absolute Gasteiger partial charge is 0.393 e. The fourth-order valence-electron chi connectivity index (χ4n) is 5.85. The molecule has 3 aromatic heterocycles. The van der Waals surface area contributed by atoms with E-state index < -0.39 is 49.4 Å². The van der Waals surface area contributed by atoms with Crippen molar-refractivity contribution >= 4 is 35.6 Å². The second-order valence-electron chi connectivity index (χ2n) is 12.0. The van der Waals surface area contributed by atoms with Gasteiger partial charge in [0.15, 0.2) is 28.8 Å². The maximum atomic E-state index is 13.4. The Morgan fingerprint density at radius 1 is 1.26 bits per heavy atom. The van der Waals surface area contributed by atoms with Gasteiger partial charge in [0.1, 0.15) is 37.9 Å². The van der Waals surface area contributed by atoms with Gasteiger partial charge in [0.25, 0.3) is 0 Å². The maximum Gasteiger partial charge on any atom is 0.226 e. The molecular formula is C25H37ClN9O7P. The Morgan fingerprint density at radius 2 is 2.02 bits per heavy atom. The molecule has 3 N–H and O–H groups in total. The molecule has 236 valence electrons. The summed E-state index contributed by atoms with van der Waals surface area (Å²) in [5, 5.41) is 31.4. The van der Waals surface area contributed by atoms with Crippen LogP contribution in [0.2, 0.25) is 5.28 Å². The highest BCUT2D eigenvalue weighted by Crippen LogP contribution is 2.53. The van der Waals surface area contributed by atoms with E-state index in [2.05, 4.69) is 41.0 Å². The van der Waals surface area contributed by atoms with Crippen LogP contribution in [0.4, 0.5) is 5.82 Å². The number of halogens is 1. The number of tetrazole rings is 1. The quantitative estimate of drug-likeness (QED) is 0.193. The Balaban J connectivity index is 1.24. The fourth-order valence-corrected chi connectivity index (χ4v) is 7.14. The Labute approximate surface area is 252 Å². The van der Waals surface area contributed by atoms with Crippen LogP contribution in [0.1, 0.15) is 51.6 Å². The molecule has 2 saturated heterocycles. The molecule has 0 spiro atoms. The number of aromatic nitrogens is 8. The molecular weight excluding hydrogens is 605 g/mol. The Morgan fingerprint density at radius 3 is 2.72 bits per heavy atom. The summed E-state index contributed by atoms with van der Waals surface area (Å²) in [6.45, 7) is 5.92. The zero-order chi connectivity index (χ0) is 30.4. The van der Waals surface area contributed by atoms with Crippen LogP contribution in [0.5, 0.6) is 0 Å². The summed E-state index contributed by atoms with van der Waals surface area (Å²) in [5.41, 5.74) is 0.491. The highest BCUT2D eigenvalue weighted by atomic mass is 35.5. The second kappa shape index (κ2) is 11.9. The minimum absolute atomic E-state index is 0.00612. The van der Waals surface area contributed by atoms with Crippen LogP contribution in [-0.2, 0) is 34.9 Å². The van der Waals surface area contributed by atoms with Gasteiger partial charge < -0.3 is 38.7 Å². The van der Waals surface area contributed by atoms with Gasteiger partial charge in [-0.05, 0) is 51.6 Å². The average Bonchev–Trinajstić information content (AvgIpc) is 3.76. The third-order valence-electron chi connectivity index (χ3n) is 8.18. The van der Waals surface area contributed by atoms with E-state index in [9.17, 15) is 9.67 Å². The zero-order valence-corrected chi connectivity index (χ0v) is 26.1. The summed E-state index contributed by atoms with van der Waals surface area (Å²) in [6, 6.07) is 0.314. The molecule has 3 aliphatic rings. The fraction of sp³-hybridized carbons (Fsp3) is 0.760. The van der Waals surface area contributed by atoms with Crippen LogP contribution in [-0.4, -0.2) is 114 Å². The Bertz CT molecular complexity index is 1460. The first-order valence-electron chi connectivity index (χ1n) is 14.3. The van der Waals surface area contributed by atoms with Crippen LogP contribution in [0.15, 0.2) is 6.20 Å². The number of H-pyrrole nitrogens is 1. The Hall–Kier alpha value is -2.30. The molecule has 1 saturated carbocycles. The van der Waals surface area contributed by atoms with Gasteiger partial charge >= 0.3 is 0 Å². The number of rotatable bonds is 12. The summed E-state index contributed by atoms with van der Waals surface area (Å²) in [7, 11) is -3.09. The van der Waals surface area contributed by atoms with E-state index >= 15 is 0 Å². The monoisotopic (exact) mass is 641 g/mol. The highest BCUT2D eigenvalue weighted by Gasteiger charge is 2.57. The number of hydrogen-bond acceptors (Lipinski definition) is 14. The van der Waals surface area contributed by atoms with E-state index in [-0.39, 0.29) is 25.1 Å². The van der Waals surface area contributed by atoms with Gasteiger partial charge in [0, 0.05) is 6.04 Å². The van der Waals surface area contributed by atoms with E-state index in [0.717, 1.165) is 12.8 Å². The van der Waals surface area contributed by atoms with Gasteiger partial charge in [-0.1, -0.05) is 18.1 Å². The smallest absolute Gasteiger partial charge is 0.226 e. The number of hydrogen-bond donors (Lipinski definition) is 3. The minimum Gasteiger partial charge on any atom is -0.393 e. The summed E-state index contributed by atoms with van der Waals surface area (Å²) < 4.78 is 46.0. The van der Waals surface area contributed by atoms with Crippen LogP contribution in [0.25, 0.3) is 11.0 Å². The number of nitrogens with zero attached hydrogens (tertiary/aromatic N) is 7. The number of aliphatic hydroxyl groups is 1. The van der Waals surface area contributed by atoms with Crippen molar-refractivity contribution < 1.29 is 33.4 Å². The lowest BCUT2D eigenvalue weighted by atomic mass is 10.1. The summed E-state index contributed by atoms with van der Waals surface area (Å²) >= 11 is 6.37. The van der Waals surface area contributed by atoms with Crippen molar-refractivity contribution in [2.45, 2.75) is 87.8 Å². The van der Waals surface area contributed by atoms with Crippen molar-refractivity contribution in [3.05, 3.63) is 17.3 Å². The molecule has 18 heteroatoms. The average molecular weight is 642 g/mol. The number of aliphatic hydroxyl groups excluding tert-OH is 1. The van der Waals surface area contributed by atoms with Gasteiger partial charge in [-0.25, -0.2) is 4.68 Å². The van der Waals surface area contributed by atoms with Crippen molar-refractivity contribution in [2.75, 3.05) is 38.5 Å². The molecule has 16 nitrogen and oxygen atoms in total. The van der Waals surface area contributed by atoms with Crippen LogP contribution in [0.3, 0.4) is 0 Å². The summed E-state index contributed by atoms with van der Waals surface area (Å²) in [6.07, 6.45) is 3.62. The zero-order valence-electron chi connectivity index (χ0n) is 24.5. The summed E-state index contributed by atoms with van der Waals surface area (Å²) in [4.78, 5) is 8.92. The van der Waals surface area contributed by atoms with Crippen molar-refractivity contribution in [1.82, 2.24) is 40.4 Å². The lowest BCUT2D eigenvalue weighted by Gasteiger charge is -2.36. The molecule has 3 aromatic rings. The lowest BCUT2D eigenvalue weighted by Crippen LogP contribution is -2.45. The third-order valence-corrected chi connectivity index (χ3v) is 10.7. The molecule has 5 atom stereocenters. The van der Waals surface area contributed by atoms with E-state index in [0.29, 0.717) is 28.7 Å². The number of ether oxygens (including phenoxy) is 5. The number of nitrogens with one attached hydrogen (secondary N) is 2. The molecule has 1 aliphatic carbocycles. The molecule has 1 unspecified atom stereocenters. The van der Waals surface area contributed by atoms with Gasteiger partial charge in [-0.15, -0.1) is 10.2 Å². The highest BCUT2D eigenvalue weighted by molar-refractivity contribution is 7.63. The van der Waals surface area contributed by atoms with Crippen LogP contribution in [0, 0.1) is 0 Å². The maximum absolute atomic E-state index is 13.4. The molecule has 0 aromatic carbocycles. The molecule has 43 heavy (non-hydrogen) atoms. The van der Waals surface area contributed by atoms with E-state index in [1.165, 1.54) is 26.2 Å². The van der Waals surface area contributed by atoms with Crippen LogP contribution >= 0.6 is 18.7 Å². The molecule has 0 amide bonds. The molecule has 6 rings (SSSR count). The van der Waals surface area contributed by atoms with Crippen molar-refractivity contribution in [3.8, 4) is 0 Å². The van der Waals surface area contributed by atoms with E-state index in [1.807, 2.05) is 13.8 Å².